The highest BCUT2D eigenvalue weighted by Gasteiger charge is 2.39. The van der Waals surface area contributed by atoms with E-state index in [0.29, 0.717) is 41.5 Å². The monoisotopic (exact) mass is 454 g/mol. The molecule has 3 rings (SSSR count). The maximum atomic E-state index is 13.4. The molecule has 1 heterocycles. The fourth-order valence-electron chi connectivity index (χ4n) is 3.51. The van der Waals surface area contributed by atoms with Gasteiger partial charge in [-0.2, -0.15) is 0 Å². The lowest BCUT2D eigenvalue weighted by Gasteiger charge is -2.16. The zero-order chi connectivity index (χ0) is 24.0. The van der Waals surface area contributed by atoms with Gasteiger partial charge in [-0.3, -0.25) is 14.5 Å². The number of benzene rings is 2. The van der Waals surface area contributed by atoms with Gasteiger partial charge in [0.2, 0.25) is 0 Å². The molecule has 0 unspecified atom stereocenters. The molecule has 2 aromatic carbocycles. The standard InChI is InChI=1S/C25H30N2O6/c1-16(2)33-14-6-13-27-24(28)22(17-7-12-20(31-4)21(15-17)32-5)23(25(27)29)26-18-8-10-19(30-3)11-9-18/h7-12,15-16,26H,6,13-14H2,1-5H3. The largest absolute Gasteiger partial charge is 0.497 e. The zero-order valence-electron chi connectivity index (χ0n) is 19.6. The summed E-state index contributed by atoms with van der Waals surface area (Å²) in [5.74, 6) is 0.939. The second-order valence-electron chi connectivity index (χ2n) is 7.71. The molecule has 1 N–H and O–H groups in total. The first kappa shape index (κ1) is 24.1. The topological polar surface area (TPSA) is 86.3 Å². The van der Waals surface area contributed by atoms with Crippen LogP contribution >= 0.6 is 0 Å². The van der Waals surface area contributed by atoms with Crippen LogP contribution < -0.4 is 19.5 Å². The molecule has 1 aliphatic rings. The Bertz CT molecular complexity index is 1030. The minimum absolute atomic E-state index is 0.0859. The fraction of sp³-hybridized carbons (Fsp3) is 0.360. The maximum absolute atomic E-state index is 13.4. The molecule has 0 radical (unpaired) electrons. The second-order valence-corrected chi connectivity index (χ2v) is 7.71. The number of methoxy groups -OCH3 is 3. The van der Waals surface area contributed by atoms with Crippen molar-refractivity contribution in [3.05, 3.63) is 53.7 Å². The summed E-state index contributed by atoms with van der Waals surface area (Å²) < 4.78 is 21.5. The number of carbonyl (C=O) groups excluding carboxylic acids is 2. The van der Waals surface area contributed by atoms with E-state index < -0.39 is 0 Å². The predicted molar refractivity (Wildman–Crippen MR) is 126 cm³/mol. The number of hydrogen-bond acceptors (Lipinski definition) is 7. The molecule has 176 valence electrons. The molecule has 2 aromatic rings. The summed E-state index contributed by atoms with van der Waals surface area (Å²) in [6, 6.07) is 12.3. The summed E-state index contributed by atoms with van der Waals surface area (Å²) in [6.07, 6.45) is 0.632. The molecule has 33 heavy (non-hydrogen) atoms. The van der Waals surface area contributed by atoms with E-state index in [1.54, 1.807) is 56.7 Å². The molecular weight excluding hydrogens is 424 g/mol. The number of hydrogen-bond donors (Lipinski definition) is 1. The van der Waals surface area contributed by atoms with Gasteiger partial charge in [-0.15, -0.1) is 0 Å². The van der Waals surface area contributed by atoms with E-state index in [4.69, 9.17) is 18.9 Å². The van der Waals surface area contributed by atoms with Crippen molar-refractivity contribution in [1.82, 2.24) is 4.90 Å². The third-order valence-corrected chi connectivity index (χ3v) is 5.18. The smallest absolute Gasteiger partial charge is 0.278 e. The Morgan fingerprint density at radius 2 is 1.58 bits per heavy atom. The summed E-state index contributed by atoms with van der Waals surface area (Å²) >= 11 is 0. The maximum Gasteiger partial charge on any atom is 0.278 e. The van der Waals surface area contributed by atoms with Crippen molar-refractivity contribution in [2.45, 2.75) is 26.4 Å². The predicted octanol–water partition coefficient (Wildman–Crippen LogP) is 3.72. The molecule has 8 nitrogen and oxygen atoms in total. The Hall–Kier alpha value is -3.52. The molecule has 0 bridgehead atoms. The van der Waals surface area contributed by atoms with E-state index in [0.717, 1.165) is 0 Å². The molecule has 8 heteroatoms. The number of anilines is 1. The number of carbonyl (C=O) groups is 2. The summed E-state index contributed by atoms with van der Waals surface area (Å²) in [5.41, 5.74) is 1.71. The molecule has 0 aliphatic carbocycles. The molecule has 2 amide bonds. The van der Waals surface area contributed by atoms with Crippen molar-refractivity contribution in [1.29, 1.82) is 0 Å². The van der Waals surface area contributed by atoms with Crippen molar-refractivity contribution in [2.24, 2.45) is 0 Å². The quantitative estimate of drug-likeness (QED) is 0.409. The van der Waals surface area contributed by atoms with Crippen molar-refractivity contribution < 1.29 is 28.5 Å². The Morgan fingerprint density at radius 1 is 0.879 bits per heavy atom. The lowest BCUT2D eigenvalue weighted by Crippen LogP contribution is -2.34. The van der Waals surface area contributed by atoms with Crippen LogP contribution in [0.25, 0.3) is 5.57 Å². The van der Waals surface area contributed by atoms with Crippen LogP contribution in [0.4, 0.5) is 5.69 Å². The van der Waals surface area contributed by atoms with Crippen LogP contribution in [0.1, 0.15) is 25.8 Å². The Morgan fingerprint density at radius 3 is 2.18 bits per heavy atom. The molecule has 0 saturated heterocycles. The highest BCUT2D eigenvalue weighted by Crippen LogP contribution is 2.35. The van der Waals surface area contributed by atoms with Crippen LogP contribution in [0.5, 0.6) is 17.2 Å². The van der Waals surface area contributed by atoms with Crippen molar-refractivity contribution >= 4 is 23.1 Å². The van der Waals surface area contributed by atoms with Crippen LogP contribution in [0.2, 0.25) is 0 Å². The summed E-state index contributed by atoms with van der Waals surface area (Å²) in [5, 5.41) is 3.13. The van der Waals surface area contributed by atoms with Crippen LogP contribution in [0, 0.1) is 0 Å². The molecule has 0 fully saturated rings. The molecule has 0 saturated carbocycles. The Balaban J connectivity index is 1.96. The van der Waals surface area contributed by atoms with Gasteiger partial charge < -0.3 is 24.3 Å². The minimum atomic E-state index is -0.384. The average Bonchev–Trinajstić information content (AvgIpc) is 3.05. The number of nitrogens with zero attached hydrogens (tertiary/aromatic N) is 1. The summed E-state index contributed by atoms with van der Waals surface area (Å²) in [4.78, 5) is 27.9. The number of amides is 2. The third kappa shape index (κ3) is 5.46. The summed E-state index contributed by atoms with van der Waals surface area (Å²) in [6.45, 7) is 4.61. The van der Waals surface area contributed by atoms with Crippen LogP contribution in [-0.4, -0.2) is 57.3 Å². The van der Waals surface area contributed by atoms with Gasteiger partial charge in [0.1, 0.15) is 11.4 Å². The van der Waals surface area contributed by atoms with Crippen molar-refractivity contribution in [3.8, 4) is 17.2 Å². The van der Waals surface area contributed by atoms with Gasteiger partial charge in [-0.1, -0.05) is 6.07 Å². The van der Waals surface area contributed by atoms with Gasteiger partial charge in [0.15, 0.2) is 11.5 Å². The molecule has 1 aliphatic heterocycles. The summed E-state index contributed by atoms with van der Waals surface area (Å²) in [7, 11) is 4.65. The molecule has 0 spiro atoms. The first-order valence-corrected chi connectivity index (χ1v) is 10.7. The van der Waals surface area contributed by atoms with E-state index in [1.165, 1.54) is 12.0 Å². The third-order valence-electron chi connectivity index (χ3n) is 5.18. The molecular formula is C25H30N2O6. The van der Waals surface area contributed by atoms with Gasteiger partial charge in [-0.25, -0.2) is 0 Å². The van der Waals surface area contributed by atoms with Crippen LogP contribution in [-0.2, 0) is 14.3 Å². The minimum Gasteiger partial charge on any atom is -0.497 e. The highest BCUT2D eigenvalue weighted by atomic mass is 16.5. The number of ether oxygens (including phenoxy) is 4. The van der Waals surface area contributed by atoms with Gasteiger partial charge in [-0.05, 0) is 62.2 Å². The van der Waals surface area contributed by atoms with Crippen molar-refractivity contribution in [2.75, 3.05) is 39.8 Å². The number of imide groups is 1. The van der Waals surface area contributed by atoms with Crippen LogP contribution in [0.3, 0.4) is 0 Å². The average molecular weight is 455 g/mol. The van der Waals surface area contributed by atoms with Gasteiger partial charge in [0.05, 0.1) is 33.0 Å². The van der Waals surface area contributed by atoms with Crippen LogP contribution in [0.15, 0.2) is 48.2 Å². The van der Waals surface area contributed by atoms with E-state index in [2.05, 4.69) is 5.32 Å². The van der Waals surface area contributed by atoms with Crippen molar-refractivity contribution in [3.63, 3.8) is 0 Å². The lowest BCUT2D eigenvalue weighted by molar-refractivity contribution is -0.137. The van der Waals surface area contributed by atoms with E-state index in [1.807, 2.05) is 13.8 Å². The zero-order valence-corrected chi connectivity index (χ0v) is 19.6. The normalized spacial score (nSPS) is 13.7. The van der Waals surface area contributed by atoms with Gasteiger partial charge in [0.25, 0.3) is 11.8 Å². The highest BCUT2D eigenvalue weighted by molar-refractivity contribution is 6.36. The number of rotatable bonds is 11. The molecule has 0 aromatic heterocycles. The SMILES string of the molecule is COc1ccc(NC2=C(c3ccc(OC)c(OC)c3)C(=O)N(CCCOC(C)C)C2=O)cc1. The second kappa shape index (κ2) is 10.9. The van der Waals surface area contributed by atoms with E-state index in [9.17, 15) is 9.59 Å². The van der Waals surface area contributed by atoms with Gasteiger partial charge in [0, 0.05) is 18.8 Å². The fourth-order valence-corrected chi connectivity index (χ4v) is 3.51. The first-order valence-electron chi connectivity index (χ1n) is 10.7. The number of nitrogens with one attached hydrogen (secondary N) is 1. The van der Waals surface area contributed by atoms with E-state index >= 15 is 0 Å². The van der Waals surface area contributed by atoms with Gasteiger partial charge >= 0.3 is 0 Å². The Kier molecular flexibility index (Phi) is 7.95. The lowest BCUT2D eigenvalue weighted by atomic mass is 10.0. The molecule has 0 atom stereocenters. The first-order chi connectivity index (χ1) is 15.9. The Labute approximate surface area is 194 Å². The van der Waals surface area contributed by atoms with E-state index in [-0.39, 0.29) is 35.7 Å².